The molecule has 0 saturated carbocycles. The second-order valence-electron chi connectivity index (χ2n) is 1.92. The van der Waals surface area contributed by atoms with Gasteiger partial charge >= 0.3 is 11.9 Å². The Morgan fingerprint density at radius 1 is 1.25 bits per heavy atom. The Labute approximate surface area is 68.7 Å². The zero-order valence-electron chi connectivity index (χ0n) is 6.52. The van der Waals surface area contributed by atoms with Crippen LogP contribution >= 0.6 is 0 Å². The van der Waals surface area contributed by atoms with Crippen molar-refractivity contribution in [1.82, 2.24) is 0 Å². The third kappa shape index (κ3) is 3.89. The Morgan fingerprint density at radius 2 is 1.75 bits per heavy atom. The smallest absolute Gasteiger partial charge is 0.344 e. The minimum absolute atomic E-state index is 0.0558. The Hall–Kier alpha value is -1.14. The third-order valence-electron chi connectivity index (χ3n) is 1.02. The van der Waals surface area contributed by atoms with E-state index in [1.807, 2.05) is 0 Å². The van der Waals surface area contributed by atoms with E-state index in [0.717, 1.165) is 0 Å². The molecule has 0 spiro atoms. The summed E-state index contributed by atoms with van der Waals surface area (Å²) in [7, 11) is 1.40. The maximum absolute atomic E-state index is 10.2. The largest absolute Gasteiger partial charge is 0.479 e. The Bertz CT molecular complexity index is 151. The summed E-state index contributed by atoms with van der Waals surface area (Å²) in [5, 5.41) is 16.6. The molecular formula is C6H10O6. The quantitative estimate of drug-likeness (QED) is 0.408. The second-order valence-corrected chi connectivity index (χ2v) is 1.92. The molecule has 0 aromatic heterocycles. The van der Waals surface area contributed by atoms with Crippen molar-refractivity contribution < 1.29 is 29.3 Å². The molecule has 0 bridgehead atoms. The van der Waals surface area contributed by atoms with Gasteiger partial charge < -0.3 is 19.7 Å². The molecule has 2 N–H and O–H groups in total. The van der Waals surface area contributed by atoms with Crippen LogP contribution in [-0.4, -0.2) is 48.6 Å². The molecule has 0 amide bonds. The van der Waals surface area contributed by atoms with Crippen LogP contribution in [0.15, 0.2) is 0 Å². The lowest BCUT2D eigenvalue weighted by molar-refractivity contribution is -0.166. The number of methoxy groups -OCH3 is 1. The van der Waals surface area contributed by atoms with Crippen LogP contribution in [-0.2, 0) is 19.1 Å². The molecule has 0 heterocycles. The normalized spacial score (nSPS) is 10.2. The van der Waals surface area contributed by atoms with Gasteiger partial charge in [0.05, 0.1) is 13.2 Å². The molecule has 0 radical (unpaired) electrons. The van der Waals surface area contributed by atoms with E-state index < -0.39 is 18.0 Å². The molecule has 0 fully saturated rings. The predicted molar refractivity (Wildman–Crippen MR) is 36.9 cm³/mol. The summed E-state index contributed by atoms with van der Waals surface area (Å²) in [5.74, 6) is -3.03. The fourth-order valence-electron chi connectivity index (χ4n) is 0.498. The maximum atomic E-state index is 10.2. The highest BCUT2D eigenvalue weighted by molar-refractivity contribution is 5.95. The van der Waals surface area contributed by atoms with Gasteiger partial charge in [-0.05, 0) is 0 Å². The molecule has 0 saturated heterocycles. The fraction of sp³-hybridized carbons (Fsp3) is 0.667. The Morgan fingerprint density at radius 3 is 2.08 bits per heavy atom. The molecule has 12 heavy (non-hydrogen) atoms. The number of hydrogen-bond donors (Lipinski definition) is 2. The average Bonchev–Trinajstić information content (AvgIpc) is 1.96. The topological polar surface area (TPSA) is 93.1 Å². The molecule has 0 rings (SSSR count). The number of carboxylic acid groups (broad SMARTS) is 2. The van der Waals surface area contributed by atoms with Crippen molar-refractivity contribution in [2.75, 3.05) is 20.3 Å². The number of hydrogen-bond acceptors (Lipinski definition) is 4. The SMILES string of the molecule is COCCOC(C(=O)O)C(=O)O. The van der Waals surface area contributed by atoms with Gasteiger partial charge in [0, 0.05) is 7.11 Å². The van der Waals surface area contributed by atoms with Crippen molar-refractivity contribution in [2.24, 2.45) is 0 Å². The third-order valence-corrected chi connectivity index (χ3v) is 1.02. The van der Waals surface area contributed by atoms with Crippen LogP contribution in [0.5, 0.6) is 0 Å². The molecule has 70 valence electrons. The highest BCUT2D eigenvalue weighted by Gasteiger charge is 2.25. The average molecular weight is 178 g/mol. The van der Waals surface area contributed by atoms with Gasteiger partial charge in [-0.3, -0.25) is 0 Å². The van der Waals surface area contributed by atoms with Crippen LogP contribution < -0.4 is 0 Å². The van der Waals surface area contributed by atoms with Gasteiger partial charge in [0.15, 0.2) is 0 Å². The number of aliphatic carboxylic acids is 2. The summed E-state index contributed by atoms with van der Waals surface area (Å²) in [5.41, 5.74) is 0. The highest BCUT2D eigenvalue weighted by atomic mass is 16.6. The summed E-state index contributed by atoms with van der Waals surface area (Å²) in [4.78, 5) is 20.4. The summed E-state index contributed by atoms with van der Waals surface area (Å²) >= 11 is 0. The number of ether oxygens (including phenoxy) is 2. The zero-order valence-corrected chi connectivity index (χ0v) is 6.52. The summed E-state index contributed by atoms with van der Waals surface area (Å²) < 4.78 is 9.02. The van der Waals surface area contributed by atoms with E-state index in [0.29, 0.717) is 0 Å². The second kappa shape index (κ2) is 5.50. The van der Waals surface area contributed by atoms with Crippen molar-refractivity contribution in [3.63, 3.8) is 0 Å². The first-order valence-corrected chi connectivity index (χ1v) is 3.15. The predicted octanol–water partition coefficient (Wildman–Crippen LogP) is -0.813. The monoisotopic (exact) mass is 178 g/mol. The first-order valence-electron chi connectivity index (χ1n) is 3.15. The first-order chi connectivity index (χ1) is 5.59. The van der Waals surface area contributed by atoms with Gasteiger partial charge in [0.2, 0.25) is 0 Å². The zero-order chi connectivity index (χ0) is 9.56. The van der Waals surface area contributed by atoms with Gasteiger partial charge in [0.1, 0.15) is 0 Å². The van der Waals surface area contributed by atoms with Crippen LogP contribution in [0, 0.1) is 0 Å². The van der Waals surface area contributed by atoms with Gasteiger partial charge in [-0.25, -0.2) is 9.59 Å². The minimum atomic E-state index is -1.81. The van der Waals surface area contributed by atoms with Crippen LogP contribution in [0.4, 0.5) is 0 Å². The van der Waals surface area contributed by atoms with E-state index in [2.05, 4.69) is 9.47 Å². The maximum Gasteiger partial charge on any atom is 0.344 e. The molecule has 0 aliphatic carbocycles. The van der Waals surface area contributed by atoms with Crippen molar-refractivity contribution in [2.45, 2.75) is 6.10 Å². The van der Waals surface area contributed by atoms with E-state index in [1.165, 1.54) is 7.11 Å². The van der Waals surface area contributed by atoms with Gasteiger partial charge in [-0.2, -0.15) is 0 Å². The van der Waals surface area contributed by atoms with Crippen molar-refractivity contribution >= 4 is 11.9 Å². The van der Waals surface area contributed by atoms with E-state index in [-0.39, 0.29) is 13.2 Å². The molecule has 0 aromatic carbocycles. The lowest BCUT2D eigenvalue weighted by Crippen LogP contribution is -2.33. The molecule has 0 aliphatic rings. The lowest BCUT2D eigenvalue weighted by Gasteiger charge is -2.07. The number of carbonyl (C=O) groups is 2. The molecule has 0 aliphatic heterocycles. The molecule has 6 nitrogen and oxygen atoms in total. The van der Waals surface area contributed by atoms with Crippen LogP contribution in [0.2, 0.25) is 0 Å². The molecule has 0 unspecified atom stereocenters. The summed E-state index contributed by atoms with van der Waals surface area (Å²) in [6, 6.07) is 0. The summed E-state index contributed by atoms with van der Waals surface area (Å²) in [6.07, 6.45) is -1.81. The van der Waals surface area contributed by atoms with Crippen molar-refractivity contribution in [1.29, 1.82) is 0 Å². The summed E-state index contributed by atoms with van der Waals surface area (Å²) in [6.45, 7) is 0.108. The standard InChI is InChI=1S/C6H10O6/c1-11-2-3-12-4(5(7)8)6(9)10/h4H,2-3H2,1H3,(H,7,8)(H,9,10). The lowest BCUT2D eigenvalue weighted by atomic mass is 10.4. The van der Waals surface area contributed by atoms with Crippen molar-refractivity contribution in [3.05, 3.63) is 0 Å². The van der Waals surface area contributed by atoms with E-state index in [4.69, 9.17) is 10.2 Å². The van der Waals surface area contributed by atoms with E-state index in [1.54, 1.807) is 0 Å². The highest BCUT2D eigenvalue weighted by Crippen LogP contribution is 1.92. The van der Waals surface area contributed by atoms with Crippen LogP contribution in [0.1, 0.15) is 0 Å². The molecule has 0 atom stereocenters. The van der Waals surface area contributed by atoms with Gasteiger partial charge in [-0.15, -0.1) is 0 Å². The van der Waals surface area contributed by atoms with Crippen molar-refractivity contribution in [3.8, 4) is 0 Å². The Balaban J connectivity index is 3.80. The molecular weight excluding hydrogens is 168 g/mol. The van der Waals surface area contributed by atoms with E-state index >= 15 is 0 Å². The van der Waals surface area contributed by atoms with Gasteiger partial charge in [-0.1, -0.05) is 0 Å². The van der Waals surface area contributed by atoms with Crippen LogP contribution in [0.25, 0.3) is 0 Å². The fourth-order valence-corrected chi connectivity index (χ4v) is 0.498. The van der Waals surface area contributed by atoms with Gasteiger partial charge in [0.25, 0.3) is 6.10 Å². The first kappa shape index (κ1) is 10.9. The minimum Gasteiger partial charge on any atom is -0.479 e. The molecule has 0 aromatic rings. The van der Waals surface area contributed by atoms with E-state index in [9.17, 15) is 9.59 Å². The molecule has 6 heteroatoms. The number of carboxylic acids is 2. The Kier molecular flexibility index (Phi) is 4.98. The number of rotatable bonds is 6. The van der Waals surface area contributed by atoms with Crippen LogP contribution in [0.3, 0.4) is 0 Å².